The van der Waals surface area contributed by atoms with E-state index in [9.17, 15) is 0 Å². The van der Waals surface area contributed by atoms with Crippen LogP contribution in [0, 0.1) is 11.7 Å². The third-order valence-electron chi connectivity index (χ3n) is 2.76. The van der Waals surface area contributed by atoms with E-state index in [2.05, 4.69) is 34.2 Å². The van der Waals surface area contributed by atoms with Crippen LogP contribution in [-0.4, -0.2) is 19.7 Å². The van der Waals surface area contributed by atoms with E-state index < -0.39 is 0 Å². The molecule has 0 bridgehead atoms. The van der Waals surface area contributed by atoms with Gasteiger partial charge >= 0.3 is 0 Å². The Morgan fingerprint density at radius 3 is 2.89 bits per heavy atom. The molecule has 0 amide bonds. The maximum atomic E-state index is 5.30. The molecule has 3 heterocycles. The number of aromatic nitrogens is 4. The minimum atomic E-state index is 0.617. The smallest absolute Gasteiger partial charge is 0.195 e. The Balaban J connectivity index is 2.02. The van der Waals surface area contributed by atoms with E-state index in [4.69, 9.17) is 12.2 Å². The van der Waals surface area contributed by atoms with Crippen LogP contribution in [0.1, 0.15) is 9.75 Å². The molecule has 4 nitrogen and oxygen atoms in total. The molecule has 3 aromatic rings. The number of hydrogen-bond donors (Lipinski definition) is 1. The zero-order chi connectivity index (χ0) is 13.2. The number of nitrogens with zero attached hydrogens (tertiary/aromatic N) is 3. The topological polar surface area (TPSA) is 46.5 Å². The molecule has 0 aliphatic rings. The fraction of sp³-hybridized carbons (Fsp3) is 0.154. The van der Waals surface area contributed by atoms with Gasteiger partial charge in [-0.1, -0.05) is 6.07 Å². The molecular weight excluding hydrogens is 276 g/mol. The van der Waals surface area contributed by atoms with Crippen molar-refractivity contribution in [3.8, 4) is 11.5 Å². The van der Waals surface area contributed by atoms with Gasteiger partial charge in [-0.25, -0.2) is 0 Å². The first kappa shape index (κ1) is 12.3. The summed E-state index contributed by atoms with van der Waals surface area (Å²) in [5.74, 6) is 0.775. The first-order valence-corrected chi connectivity index (χ1v) is 7.08. The Kier molecular flexibility index (Phi) is 3.27. The summed E-state index contributed by atoms with van der Waals surface area (Å²) in [5, 5.41) is 7.12. The lowest BCUT2D eigenvalue weighted by molar-refractivity contribution is 0.799. The second-order valence-electron chi connectivity index (χ2n) is 4.17. The minimum Gasteiger partial charge on any atom is -0.294 e. The van der Waals surface area contributed by atoms with E-state index in [1.165, 1.54) is 9.75 Å². The first-order valence-electron chi connectivity index (χ1n) is 5.86. The molecule has 0 atom stereocenters. The van der Waals surface area contributed by atoms with E-state index >= 15 is 0 Å². The van der Waals surface area contributed by atoms with Crippen LogP contribution in [0.15, 0.2) is 36.5 Å². The molecular formula is C13H12N4S2. The average Bonchev–Trinajstić information content (AvgIpc) is 2.99. The molecule has 3 aromatic heterocycles. The summed E-state index contributed by atoms with van der Waals surface area (Å²) in [5.41, 5.74) is 0.822. The SMILES string of the molecule is Cc1ccc(Cn2c(-c3ccccn3)n[nH]c2=S)s1. The van der Waals surface area contributed by atoms with Gasteiger partial charge in [0.1, 0.15) is 5.69 Å². The third-order valence-corrected chi connectivity index (χ3v) is 4.06. The van der Waals surface area contributed by atoms with Gasteiger partial charge in [-0.3, -0.25) is 14.6 Å². The molecule has 96 valence electrons. The van der Waals surface area contributed by atoms with Crippen molar-refractivity contribution < 1.29 is 0 Å². The van der Waals surface area contributed by atoms with Crippen LogP contribution in [0.25, 0.3) is 11.5 Å². The normalized spacial score (nSPS) is 10.8. The summed E-state index contributed by atoms with van der Waals surface area (Å²) in [6.45, 7) is 2.82. The molecule has 1 N–H and O–H groups in total. The van der Waals surface area contributed by atoms with Crippen LogP contribution in [0.4, 0.5) is 0 Å². The van der Waals surface area contributed by atoms with Crippen LogP contribution in [0.3, 0.4) is 0 Å². The highest BCUT2D eigenvalue weighted by molar-refractivity contribution is 7.71. The Hall–Kier alpha value is -1.79. The van der Waals surface area contributed by atoms with E-state index in [0.717, 1.165) is 18.1 Å². The minimum absolute atomic E-state index is 0.617. The van der Waals surface area contributed by atoms with Gasteiger partial charge in [0.15, 0.2) is 10.6 Å². The highest BCUT2D eigenvalue weighted by atomic mass is 32.1. The summed E-state index contributed by atoms with van der Waals surface area (Å²) in [4.78, 5) is 6.88. The lowest BCUT2D eigenvalue weighted by Crippen LogP contribution is -2.01. The van der Waals surface area contributed by atoms with Gasteiger partial charge in [0.05, 0.1) is 6.54 Å². The fourth-order valence-corrected chi connectivity index (χ4v) is 2.96. The maximum Gasteiger partial charge on any atom is 0.195 e. The number of nitrogens with one attached hydrogen (secondary N) is 1. The molecule has 0 saturated carbocycles. The average molecular weight is 288 g/mol. The van der Waals surface area contributed by atoms with Crippen molar-refractivity contribution in [1.29, 1.82) is 0 Å². The van der Waals surface area contributed by atoms with Crippen LogP contribution in [0.2, 0.25) is 0 Å². The Labute approximate surface area is 119 Å². The zero-order valence-corrected chi connectivity index (χ0v) is 12.0. The number of hydrogen-bond acceptors (Lipinski definition) is 4. The molecule has 0 unspecified atom stereocenters. The Bertz CT molecular complexity index is 739. The van der Waals surface area contributed by atoms with Crippen molar-refractivity contribution in [2.75, 3.05) is 0 Å². The van der Waals surface area contributed by atoms with Gasteiger partial charge in [-0.05, 0) is 43.4 Å². The second kappa shape index (κ2) is 5.07. The number of rotatable bonds is 3. The van der Waals surface area contributed by atoms with Crippen molar-refractivity contribution in [1.82, 2.24) is 19.7 Å². The van der Waals surface area contributed by atoms with E-state index in [1.807, 2.05) is 22.8 Å². The predicted molar refractivity (Wildman–Crippen MR) is 78.8 cm³/mol. The van der Waals surface area contributed by atoms with E-state index in [0.29, 0.717) is 4.77 Å². The highest BCUT2D eigenvalue weighted by Gasteiger charge is 2.10. The summed E-state index contributed by atoms with van der Waals surface area (Å²) >= 11 is 7.07. The molecule has 0 aromatic carbocycles. The molecule has 3 rings (SSSR count). The molecule has 0 spiro atoms. The van der Waals surface area contributed by atoms with Crippen LogP contribution in [-0.2, 0) is 6.54 Å². The largest absolute Gasteiger partial charge is 0.294 e. The van der Waals surface area contributed by atoms with Crippen LogP contribution < -0.4 is 0 Å². The fourth-order valence-electron chi connectivity index (χ4n) is 1.88. The van der Waals surface area contributed by atoms with Crippen molar-refractivity contribution in [3.63, 3.8) is 0 Å². The monoisotopic (exact) mass is 288 g/mol. The number of thiophene rings is 1. The lowest BCUT2D eigenvalue weighted by Gasteiger charge is -2.04. The van der Waals surface area contributed by atoms with Gasteiger partial charge in [-0.15, -0.1) is 11.3 Å². The Morgan fingerprint density at radius 1 is 1.32 bits per heavy atom. The van der Waals surface area contributed by atoms with Gasteiger partial charge in [0.25, 0.3) is 0 Å². The van der Waals surface area contributed by atoms with Gasteiger partial charge in [-0.2, -0.15) is 5.10 Å². The lowest BCUT2D eigenvalue weighted by atomic mass is 10.3. The molecule has 19 heavy (non-hydrogen) atoms. The van der Waals surface area contributed by atoms with Crippen molar-refractivity contribution in [2.45, 2.75) is 13.5 Å². The van der Waals surface area contributed by atoms with Crippen molar-refractivity contribution >= 4 is 23.6 Å². The molecule has 0 radical (unpaired) electrons. The molecule has 0 saturated heterocycles. The second-order valence-corrected chi connectivity index (χ2v) is 5.92. The molecule has 0 aliphatic carbocycles. The number of aromatic amines is 1. The van der Waals surface area contributed by atoms with Crippen LogP contribution >= 0.6 is 23.6 Å². The van der Waals surface area contributed by atoms with Crippen molar-refractivity contribution in [2.24, 2.45) is 0 Å². The van der Waals surface area contributed by atoms with Gasteiger partial charge < -0.3 is 0 Å². The summed E-state index contributed by atoms with van der Waals surface area (Å²) in [6.07, 6.45) is 1.76. The van der Waals surface area contributed by atoms with E-state index in [1.54, 1.807) is 17.5 Å². The highest BCUT2D eigenvalue weighted by Crippen LogP contribution is 2.20. The van der Waals surface area contributed by atoms with Gasteiger partial charge in [0, 0.05) is 16.0 Å². The van der Waals surface area contributed by atoms with Crippen LogP contribution in [0.5, 0.6) is 0 Å². The third kappa shape index (κ3) is 2.50. The Morgan fingerprint density at radius 2 is 2.21 bits per heavy atom. The number of H-pyrrole nitrogens is 1. The molecule has 6 heteroatoms. The quantitative estimate of drug-likeness (QED) is 0.751. The zero-order valence-electron chi connectivity index (χ0n) is 10.3. The number of pyridine rings is 1. The standard InChI is InChI=1S/C13H12N4S2/c1-9-5-6-10(19-9)8-17-12(15-16-13(17)18)11-4-2-3-7-14-11/h2-7H,8H2,1H3,(H,16,18). The first-order chi connectivity index (χ1) is 9.24. The van der Waals surface area contributed by atoms with Gasteiger partial charge in [0.2, 0.25) is 0 Å². The molecule has 0 fully saturated rings. The number of aryl methyl sites for hydroxylation is 1. The maximum absolute atomic E-state index is 5.30. The van der Waals surface area contributed by atoms with E-state index in [-0.39, 0.29) is 0 Å². The summed E-state index contributed by atoms with van der Waals surface area (Å²) in [6, 6.07) is 10.00. The summed E-state index contributed by atoms with van der Waals surface area (Å²) < 4.78 is 2.59. The van der Waals surface area contributed by atoms with Crippen molar-refractivity contribution in [3.05, 3.63) is 51.1 Å². The molecule has 0 aliphatic heterocycles. The summed E-state index contributed by atoms with van der Waals surface area (Å²) in [7, 11) is 0. The predicted octanol–water partition coefficient (Wildman–Crippen LogP) is 3.42.